The molecule has 0 radical (unpaired) electrons. The number of unbranched alkanes of at least 4 members (excludes halogenated alkanes) is 2. The fourth-order valence-electron chi connectivity index (χ4n) is 2.61. The van der Waals surface area contributed by atoms with Gasteiger partial charge in [0.25, 0.3) is 0 Å². The molecule has 0 N–H and O–H groups in total. The third kappa shape index (κ3) is 5.51. The Morgan fingerprint density at radius 3 is 2.35 bits per heavy atom. The zero-order valence-electron chi connectivity index (χ0n) is 15.0. The number of methoxy groups -OCH3 is 1. The van der Waals surface area contributed by atoms with E-state index in [-0.39, 0.29) is 0 Å². The summed E-state index contributed by atoms with van der Waals surface area (Å²) in [6.45, 7) is 2.05. The van der Waals surface area contributed by atoms with Crippen molar-refractivity contribution in [2.75, 3.05) is 7.11 Å². The van der Waals surface area contributed by atoms with E-state index < -0.39 is 0 Å². The van der Waals surface area contributed by atoms with Gasteiger partial charge in [-0.3, -0.25) is 0 Å². The van der Waals surface area contributed by atoms with E-state index in [1.54, 1.807) is 7.11 Å². The number of aromatic nitrogens is 3. The normalized spacial score (nSPS) is 11.1. The molecule has 26 heavy (non-hydrogen) atoms. The van der Waals surface area contributed by atoms with Gasteiger partial charge < -0.3 is 9.30 Å². The summed E-state index contributed by atoms with van der Waals surface area (Å²) in [5.41, 5.74) is 1.65. The summed E-state index contributed by atoms with van der Waals surface area (Å²) in [5, 5.41) is 8.52. The molecule has 0 aliphatic carbocycles. The van der Waals surface area contributed by atoms with Gasteiger partial charge in [0.05, 0.1) is 24.8 Å². The molecule has 134 valence electrons. The van der Waals surface area contributed by atoms with Gasteiger partial charge in [-0.15, -0.1) is 0 Å². The summed E-state index contributed by atoms with van der Waals surface area (Å²) >= 11 is 0. The maximum absolute atomic E-state index is 5.13. The zero-order valence-corrected chi connectivity index (χ0v) is 15.0. The van der Waals surface area contributed by atoms with Crippen molar-refractivity contribution < 1.29 is 9.30 Å². The monoisotopic (exact) mass is 350 g/mol. The molecule has 0 fully saturated rings. The molecule has 0 unspecified atom stereocenters. The second kappa shape index (κ2) is 9.46. The molecule has 0 atom stereocenters. The summed E-state index contributed by atoms with van der Waals surface area (Å²) < 4.78 is 9.44. The Morgan fingerprint density at radius 1 is 0.962 bits per heavy atom. The molecule has 6 nitrogen and oxygen atoms in total. The molecule has 2 heterocycles. The first kappa shape index (κ1) is 17.8. The number of benzene rings is 1. The van der Waals surface area contributed by atoms with Crippen LogP contribution in [-0.2, 0) is 13.1 Å². The number of aryl methyl sites for hydroxylation is 2. The molecule has 6 heteroatoms. The fourth-order valence-corrected chi connectivity index (χ4v) is 2.61. The number of pyridine rings is 1. The summed E-state index contributed by atoms with van der Waals surface area (Å²) in [5.74, 6) is 0.815. The lowest BCUT2D eigenvalue weighted by Crippen LogP contribution is -2.32. The molecule has 3 aromatic rings. The van der Waals surface area contributed by atoms with E-state index >= 15 is 0 Å². The molecule has 3 rings (SSSR count). The average Bonchev–Trinajstić information content (AvgIpc) is 3.21. The van der Waals surface area contributed by atoms with Gasteiger partial charge in [-0.05, 0) is 37.1 Å². The van der Waals surface area contributed by atoms with E-state index in [4.69, 9.17) is 4.74 Å². The molecule has 0 spiro atoms. The van der Waals surface area contributed by atoms with Crippen molar-refractivity contribution in [3.05, 3.63) is 67.5 Å². The van der Waals surface area contributed by atoms with Crippen molar-refractivity contribution >= 4 is 11.4 Å². The van der Waals surface area contributed by atoms with Crippen molar-refractivity contribution in [3.63, 3.8) is 0 Å². The second-order valence-corrected chi connectivity index (χ2v) is 6.05. The molecule has 1 aromatic carbocycles. The van der Waals surface area contributed by atoms with Gasteiger partial charge in [-0.25, -0.2) is 9.55 Å². The molecule has 0 saturated heterocycles. The minimum atomic E-state index is 0.806. The largest absolute Gasteiger partial charge is 0.497 e. The Kier molecular flexibility index (Phi) is 6.47. The van der Waals surface area contributed by atoms with Crippen LogP contribution >= 0.6 is 0 Å². The fraction of sp³-hybridized carbons (Fsp3) is 0.300. The first-order valence-electron chi connectivity index (χ1n) is 8.84. The standard InChI is InChI=1S/C20H24N5O/c1-26-20-7-5-18(6-8-20)22-23-19-9-14-24(15-10-19)12-3-2-4-13-25-16-11-21-17-25/h5-11,14-17H,2-4,12-13H2,1H3/q+1. The zero-order chi connectivity index (χ0) is 18.0. The lowest BCUT2D eigenvalue weighted by atomic mass is 10.2. The molecule has 0 aliphatic heterocycles. The van der Waals surface area contributed by atoms with E-state index in [0.717, 1.165) is 36.6 Å². The van der Waals surface area contributed by atoms with Gasteiger partial charge in [0.1, 0.15) is 12.3 Å². The number of imidazole rings is 1. The van der Waals surface area contributed by atoms with E-state index in [2.05, 4.69) is 36.7 Å². The van der Waals surface area contributed by atoms with Crippen LogP contribution in [0.5, 0.6) is 5.75 Å². The van der Waals surface area contributed by atoms with E-state index in [9.17, 15) is 0 Å². The number of azo groups is 1. The SMILES string of the molecule is COc1ccc(/N=N/c2cc[n+](CCCCCn3ccnc3)cc2)cc1. The third-order valence-electron chi connectivity index (χ3n) is 4.12. The molecule has 0 saturated carbocycles. The highest BCUT2D eigenvalue weighted by Gasteiger charge is 2.01. The first-order valence-corrected chi connectivity index (χ1v) is 8.84. The topological polar surface area (TPSA) is 55.7 Å². The highest BCUT2D eigenvalue weighted by Crippen LogP contribution is 2.20. The number of hydrogen-bond acceptors (Lipinski definition) is 4. The van der Waals surface area contributed by atoms with E-state index in [0.29, 0.717) is 0 Å². The molecular formula is C20H24N5O+. The van der Waals surface area contributed by atoms with Gasteiger partial charge in [-0.2, -0.15) is 10.2 Å². The van der Waals surface area contributed by atoms with E-state index in [1.807, 2.05) is 55.1 Å². The Balaban J connectivity index is 1.41. The number of hydrogen-bond donors (Lipinski definition) is 0. The Labute approximate surface area is 153 Å². The molecule has 0 bridgehead atoms. The number of ether oxygens (including phenoxy) is 1. The van der Waals surface area contributed by atoms with Crippen LogP contribution in [0.15, 0.2) is 77.7 Å². The van der Waals surface area contributed by atoms with Crippen LogP contribution < -0.4 is 9.30 Å². The van der Waals surface area contributed by atoms with Crippen LogP contribution in [0.1, 0.15) is 19.3 Å². The van der Waals surface area contributed by atoms with Crippen molar-refractivity contribution in [2.24, 2.45) is 10.2 Å². The third-order valence-corrected chi connectivity index (χ3v) is 4.12. The predicted molar refractivity (Wildman–Crippen MR) is 99.9 cm³/mol. The predicted octanol–water partition coefficient (Wildman–Crippen LogP) is 4.47. The van der Waals surface area contributed by atoms with Gasteiger partial charge in [0, 0.05) is 37.5 Å². The first-order chi connectivity index (χ1) is 12.8. The highest BCUT2D eigenvalue weighted by atomic mass is 16.5. The van der Waals surface area contributed by atoms with E-state index in [1.165, 1.54) is 12.8 Å². The van der Waals surface area contributed by atoms with Crippen molar-refractivity contribution in [3.8, 4) is 5.75 Å². The van der Waals surface area contributed by atoms with Gasteiger partial charge in [-0.1, -0.05) is 0 Å². The smallest absolute Gasteiger partial charge is 0.171 e. The molecule has 2 aromatic heterocycles. The summed E-state index contributed by atoms with van der Waals surface area (Å²) in [4.78, 5) is 4.06. The van der Waals surface area contributed by atoms with Crippen molar-refractivity contribution in [2.45, 2.75) is 32.4 Å². The molecular weight excluding hydrogens is 326 g/mol. The van der Waals surface area contributed by atoms with Gasteiger partial charge in [0.2, 0.25) is 0 Å². The Hall–Kier alpha value is -3.02. The van der Waals surface area contributed by atoms with Crippen LogP contribution in [0.4, 0.5) is 11.4 Å². The van der Waals surface area contributed by atoms with Crippen LogP contribution in [0, 0.1) is 0 Å². The van der Waals surface area contributed by atoms with Crippen LogP contribution in [0.2, 0.25) is 0 Å². The van der Waals surface area contributed by atoms with Crippen LogP contribution in [-0.4, -0.2) is 16.7 Å². The maximum Gasteiger partial charge on any atom is 0.171 e. The number of rotatable bonds is 9. The second-order valence-electron chi connectivity index (χ2n) is 6.05. The van der Waals surface area contributed by atoms with Crippen LogP contribution in [0.3, 0.4) is 0 Å². The lowest BCUT2D eigenvalue weighted by molar-refractivity contribution is -0.697. The molecule has 0 aliphatic rings. The quantitative estimate of drug-likeness (QED) is 0.325. The summed E-state index contributed by atoms with van der Waals surface area (Å²) in [7, 11) is 1.65. The highest BCUT2D eigenvalue weighted by molar-refractivity contribution is 5.41. The maximum atomic E-state index is 5.13. The minimum absolute atomic E-state index is 0.806. The Bertz CT molecular complexity index is 795. The van der Waals surface area contributed by atoms with Gasteiger partial charge >= 0.3 is 0 Å². The lowest BCUT2D eigenvalue weighted by Gasteiger charge is -2.01. The van der Waals surface area contributed by atoms with Crippen molar-refractivity contribution in [1.82, 2.24) is 9.55 Å². The summed E-state index contributed by atoms with van der Waals surface area (Å²) in [6, 6.07) is 11.5. The van der Waals surface area contributed by atoms with Crippen LogP contribution in [0.25, 0.3) is 0 Å². The summed E-state index contributed by atoms with van der Waals surface area (Å²) in [6.07, 6.45) is 13.3. The Morgan fingerprint density at radius 2 is 1.69 bits per heavy atom. The average molecular weight is 350 g/mol. The molecule has 0 amide bonds. The minimum Gasteiger partial charge on any atom is -0.497 e. The van der Waals surface area contributed by atoms with Gasteiger partial charge in [0.15, 0.2) is 12.4 Å². The number of nitrogens with zero attached hydrogens (tertiary/aromatic N) is 5. The van der Waals surface area contributed by atoms with Crippen molar-refractivity contribution in [1.29, 1.82) is 0 Å².